The van der Waals surface area contributed by atoms with Crippen LogP contribution in [0.2, 0.25) is 0 Å². The molecule has 1 amide bonds. The first-order valence-corrected chi connectivity index (χ1v) is 5.30. The first kappa shape index (κ1) is 13.2. The van der Waals surface area contributed by atoms with Crippen LogP contribution < -0.4 is 11.1 Å². The highest BCUT2D eigenvalue weighted by Crippen LogP contribution is 2.18. The number of carboxylic acids is 1. The van der Waals surface area contributed by atoms with Crippen molar-refractivity contribution in [3.63, 3.8) is 0 Å². The third-order valence-electron chi connectivity index (χ3n) is 2.46. The lowest BCUT2D eigenvalue weighted by molar-refractivity contribution is -0.119. The monoisotopic (exact) mass is 236 g/mol. The number of carboxylic acid groups (broad SMARTS) is 1. The molecule has 17 heavy (non-hydrogen) atoms. The number of rotatable bonds is 4. The number of anilines is 1. The first-order valence-electron chi connectivity index (χ1n) is 5.30. The number of carbonyl (C=O) groups is 2. The Bertz CT molecular complexity index is 443. The molecule has 5 nitrogen and oxygen atoms in total. The van der Waals surface area contributed by atoms with Crippen LogP contribution in [0.5, 0.6) is 0 Å². The average Bonchev–Trinajstić information content (AvgIpc) is 2.29. The van der Waals surface area contributed by atoms with Crippen LogP contribution in [0.3, 0.4) is 0 Å². The van der Waals surface area contributed by atoms with Crippen LogP contribution in [0.15, 0.2) is 18.2 Å². The van der Waals surface area contributed by atoms with Gasteiger partial charge in [0.1, 0.15) is 0 Å². The fourth-order valence-electron chi connectivity index (χ4n) is 1.31. The summed E-state index contributed by atoms with van der Waals surface area (Å²) in [6.45, 7) is 3.70. The normalized spacial score (nSPS) is 11.9. The van der Waals surface area contributed by atoms with E-state index >= 15 is 0 Å². The van der Waals surface area contributed by atoms with Gasteiger partial charge in [-0.1, -0.05) is 18.6 Å². The highest BCUT2D eigenvalue weighted by molar-refractivity contribution is 6.01. The molecule has 0 saturated heterocycles. The smallest absolute Gasteiger partial charge is 0.337 e. The molecule has 0 aromatic heterocycles. The van der Waals surface area contributed by atoms with E-state index in [4.69, 9.17) is 10.8 Å². The van der Waals surface area contributed by atoms with Crippen LogP contribution in [0.4, 0.5) is 5.69 Å². The number of aromatic carboxylic acids is 1. The molecule has 0 aliphatic carbocycles. The Labute approximate surface area is 99.6 Å². The highest BCUT2D eigenvalue weighted by atomic mass is 16.4. The van der Waals surface area contributed by atoms with Gasteiger partial charge in [0.05, 0.1) is 11.3 Å². The fourth-order valence-corrected chi connectivity index (χ4v) is 1.31. The number of carbonyl (C=O) groups excluding carboxylic acids is 1. The lowest BCUT2D eigenvalue weighted by Crippen LogP contribution is -2.27. The van der Waals surface area contributed by atoms with Crippen molar-refractivity contribution in [3.05, 3.63) is 29.3 Å². The van der Waals surface area contributed by atoms with E-state index in [0.29, 0.717) is 5.69 Å². The van der Waals surface area contributed by atoms with Gasteiger partial charge in [0, 0.05) is 12.5 Å². The zero-order valence-corrected chi connectivity index (χ0v) is 9.86. The molecule has 0 fully saturated rings. The zero-order chi connectivity index (χ0) is 13.0. The largest absolute Gasteiger partial charge is 0.478 e. The second kappa shape index (κ2) is 5.45. The lowest BCUT2D eigenvalue weighted by atomic mass is 10.1. The minimum absolute atomic E-state index is 0.0857. The molecule has 0 spiro atoms. The molecule has 0 heterocycles. The minimum Gasteiger partial charge on any atom is -0.478 e. The Morgan fingerprint density at radius 3 is 2.65 bits per heavy atom. The van der Waals surface area contributed by atoms with Crippen LogP contribution in [-0.2, 0) is 4.79 Å². The summed E-state index contributed by atoms with van der Waals surface area (Å²) in [5, 5.41) is 11.6. The summed E-state index contributed by atoms with van der Waals surface area (Å²) in [7, 11) is 0. The summed E-state index contributed by atoms with van der Waals surface area (Å²) in [5.41, 5.74) is 6.58. The van der Waals surface area contributed by atoms with Gasteiger partial charge in [-0.3, -0.25) is 4.79 Å². The molecule has 4 N–H and O–H groups in total. The molecule has 0 radical (unpaired) electrons. The second-order valence-electron chi connectivity index (χ2n) is 3.98. The summed E-state index contributed by atoms with van der Waals surface area (Å²) >= 11 is 0. The highest BCUT2D eigenvalue weighted by Gasteiger charge is 2.15. The maximum Gasteiger partial charge on any atom is 0.337 e. The Morgan fingerprint density at radius 2 is 2.12 bits per heavy atom. The predicted molar refractivity (Wildman–Crippen MR) is 65.0 cm³/mol. The summed E-state index contributed by atoms with van der Waals surface area (Å²) in [6, 6.07) is 4.85. The predicted octanol–water partition coefficient (Wildman–Crippen LogP) is 1.23. The molecular weight excluding hydrogens is 220 g/mol. The molecular formula is C12H16N2O3. The van der Waals surface area contributed by atoms with E-state index in [9.17, 15) is 9.59 Å². The third kappa shape index (κ3) is 3.29. The molecule has 1 unspecified atom stereocenters. The van der Waals surface area contributed by atoms with Crippen LogP contribution in [0.25, 0.3) is 0 Å². The van der Waals surface area contributed by atoms with Crippen molar-refractivity contribution in [2.75, 3.05) is 11.9 Å². The molecule has 0 aliphatic heterocycles. The van der Waals surface area contributed by atoms with Crippen molar-refractivity contribution in [3.8, 4) is 0 Å². The second-order valence-corrected chi connectivity index (χ2v) is 3.98. The van der Waals surface area contributed by atoms with Gasteiger partial charge in [-0.15, -0.1) is 0 Å². The SMILES string of the molecule is Cc1ccc(NC(=O)C(C)CN)c(C(=O)O)c1. The Hall–Kier alpha value is -1.88. The van der Waals surface area contributed by atoms with Crippen molar-refractivity contribution < 1.29 is 14.7 Å². The molecule has 0 aliphatic rings. The molecule has 5 heteroatoms. The maximum absolute atomic E-state index is 11.6. The van der Waals surface area contributed by atoms with E-state index in [2.05, 4.69) is 5.32 Å². The van der Waals surface area contributed by atoms with Gasteiger partial charge in [-0.25, -0.2) is 4.79 Å². The number of nitrogens with two attached hydrogens (primary N) is 1. The van der Waals surface area contributed by atoms with Crippen molar-refractivity contribution in [1.29, 1.82) is 0 Å². The number of hydrogen-bond acceptors (Lipinski definition) is 3. The number of aryl methyl sites for hydroxylation is 1. The van der Waals surface area contributed by atoms with Gasteiger partial charge in [-0.2, -0.15) is 0 Å². The lowest BCUT2D eigenvalue weighted by Gasteiger charge is -2.12. The summed E-state index contributed by atoms with van der Waals surface area (Å²) in [5.74, 6) is -1.69. The molecule has 1 rings (SSSR count). The summed E-state index contributed by atoms with van der Waals surface area (Å²) in [4.78, 5) is 22.6. The van der Waals surface area contributed by atoms with E-state index < -0.39 is 5.97 Å². The number of nitrogens with one attached hydrogen (secondary N) is 1. The molecule has 92 valence electrons. The number of hydrogen-bond donors (Lipinski definition) is 3. The summed E-state index contributed by atoms with van der Waals surface area (Å²) < 4.78 is 0. The van der Waals surface area contributed by atoms with Crippen molar-refractivity contribution in [2.45, 2.75) is 13.8 Å². The maximum atomic E-state index is 11.6. The van der Waals surface area contributed by atoms with Gasteiger partial charge < -0.3 is 16.2 Å². The summed E-state index contributed by atoms with van der Waals surface area (Å²) in [6.07, 6.45) is 0. The minimum atomic E-state index is -1.07. The number of amides is 1. The molecule has 1 aromatic rings. The molecule has 0 bridgehead atoms. The van der Waals surface area contributed by atoms with Crippen molar-refractivity contribution >= 4 is 17.6 Å². The number of benzene rings is 1. The Morgan fingerprint density at radius 1 is 1.47 bits per heavy atom. The molecule has 0 saturated carbocycles. The van der Waals surface area contributed by atoms with E-state index in [1.165, 1.54) is 6.07 Å². The van der Waals surface area contributed by atoms with Gasteiger partial charge in [0.25, 0.3) is 0 Å². The van der Waals surface area contributed by atoms with Crippen molar-refractivity contribution in [1.82, 2.24) is 0 Å². The van der Waals surface area contributed by atoms with Crippen LogP contribution >= 0.6 is 0 Å². The standard InChI is InChI=1S/C12H16N2O3/c1-7-3-4-10(9(5-7)12(16)17)14-11(15)8(2)6-13/h3-5,8H,6,13H2,1-2H3,(H,14,15)(H,16,17). The van der Waals surface area contributed by atoms with Gasteiger partial charge >= 0.3 is 5.97 Å². The van der Waals surface area contributed by atoms with E-state index in [1.54, 1.807) is 26.0 Å². The molecule has 1 atom stereocenters. The van der Waals surface area contributed by atoms with E-state index in [0.717, 1.165) is 5.56 Å². The van der Waals surface area contributed by atoms with Gasteiger partial charge in [0.2, 0.25) is 5.91 Å². The fraction of sp³-hybridized carbons (Fsp3) is 0.333. The van der Waals surface area contributed by atoms with Crippen molar-refractivity contribution in [2.24, 2.45) is 11.7 Å². The van der Waals surface area contributed by atoms with Crippen LogP contribution in [0, 0.1) is 12.8 Å². The molecule has 1 aromatic carbocycles. The van der Waals surface area contributed by atoms with Crippen LogP contribution in [0.1, 0.15) is 22.8 Å². The van der Waals surface area contributed by atoms with Crippen LogP contribution in [-0.4, -0.2) is 23.5 Å². The quantitative estimate of drug-likeness (QED) is 0.733. The topological polar surface area (TPSA) is 92.4 Å². The Balaban J connectivity index is 2.98. The van der Waals surface area contributed by atoms with Gasteiger partial charge in [-0.05, 0) is 19.1 Å². The average molecular weight is 236 g/mol. The third-order valence-corrected chi connectivity index (χ3v) is 2.46. The van der Waals surface area contributed by atoms with Gasteiger partial charge in [0.15, 0.2) is 0 Å². The Kier molecular flexibility index (Phi) is 4.23. The van der Waals surface area contributed by atoms with E-state index in [1.807, 2.05) is 0 Å². The zero-order valence-electron chi connectivity index (χ0n) is 9.86. The first-order chi connectivity index (χ1) is 7.95. The van der Waals surface area contributed by atoms with E-state index in [-0.39, 0.29) is 23.9 Å².